The lowest BCUT2D eigenvalue weighted by atomic mass is 9.48. The van der Waals surface area contributed by atoms with E-state index < -0.39 is 0 Å². The van der Waals surface area contributed by atoms with E-state index in [4.69, 9.17) is 9.97 Å². The molecule has 0 atom stereocenters. The molecule has 222 valence electrons. The van der Waals surface area contributed by atoms with Gasteiger partial charge in [-0.25, -0.2) is 9.97 Å². The van der Waals surface area contributed by atoms with E-state index in [1.54, 1.807) is 5.56 Å². The third kappa shape index (κ3) is 4.81. The van der Waals surface area contributed by atoms with Crippen LogP contribution in [0.1, 0.15) is 49.7 Å². The molecule has 0 spiro atoms. The van der Waals surface area contributed by atoms with Gasteiger partial charge in [-0.3, -0.25) is 0 Å². The van der Waals surface area contributed by atoms with Crippen molar-refractivity contribution in [2.75, 3.05) is 0 Å². The molecule has 4 saturated carbocycles. The lowest BCUT2D eigenvalue weighted by molar-refractivity contribution is -0.00518. The van der Waals surface area contributed by atoms with Gasteiger partial charge >= 0.3 is 0 Å². The lowest BCUT2D eigenvalue weighted by Gasteiger charge is -2.57. The van der Waals surface area contributed by atoms with E-state index in [2.05, 4.69) is 91.0 Å². The number of nitrogens with zero attached hydrogens (tertiary/aromatic N) is 3. The second-order valence-electron chi connectivity index (χ2n) is 14.1. The minimum absolute atomic E-state index is 0.395. The highest BCUT2D eigenvalue weighted by Gasteiger charge is 2.51. The standard InChI is InChI=1S/C43H35N3/c44-27-28-6-7-38-22-37(13-12-36(38)21-28)32-8-10-33(11-9-32)40-23-41(46-42(45-40)35-4-2-1-3-5-35)34-14-16-39(17-15-34)43-24-29-18-30(25-43)20-31(19-29)26-43/h1-17,21-23,29-31H,18-20,24-26H2/t29-,30-,31-,43?. The smallest absolute Gasteiger partial charge is 0.160 e. The Morgan fingerprint density at radius 2 is 1.07 bits per heavy atom. The highest BCUT2D eigenvalue weighted by atomic mass is 14.9. The fourth-order valence-corrected chi connectivity index (χ4v) is 9.25. The predicted octanol–water partition coefficient (Wildman–Crippen LogP) is 10.6. The maximum atomic E-state index is 9.25. The summed E-state index contributed by atoms with van der Waals surface area (Å²) in [5.41, 5.74) is 10.0. The van der Waals surface area contributed by atoms with E-state index in [1.165, 1.54) is 38.5 Å². The molecule has 4 fully saturated rings. The Morgan fingerprint density at radius 1 is 0.522 bits per heavy atom. The summed E-state index contributed by atoms with van der Waals surface area (Å²) in [6.45, 7) is 0. The number of nitriles is 1. The molecule has 46 heavy (non-hydrogen) atoms. The van der Waals surface area contributed by atoms with Crippen molar-refractivity contribution in [3.8, 4) is 51.1 Å². The molecule has 4 aliphatic rings. The third-order valence-corrected chi connectivity index (χ3v) is 11.1. The number of hydrogen-bond acceptors (Lipinski definition) is 3. The van der Waals surface area contributed by atoms with Crippen molar-refractivity contribution in [1.82, 2.24) is 9.97 Å². The van der Waals surface area contributed by atoms with E-state index in [0.717, 1.165) is 73.6 Å². The largest absolute Gasteiger partial charge is 0.228 e. The Kier molecular flexibility index (Phi) is 6.39. The van der Waals surface area contributed by atoms with E-state index in [0.29, 0.717) is 11.0 Å². The average Bonchev–Trinajstić information content (AvgIpc) is 3.11. The van der Waals surface area contributed by atoms with Crippen LogP contribution in [0.4, 0.5) is 0 Å². The van der Waals surface area contributed by atoms with Crippen molar-refractivity contribution < 1.29 is 0 Å². The first kappa shape index (κ1) is 27.3. The molecule has 3 nitrogen and oxygen atoms in total. The maximum Gasteiger partial charge on any atom is 0.160 e. The SMILES string of the molecule is N#Cc1ccc2cc(-c3ccc(-c4cc(-c5ccc(C67C[C@H]8C[C@H](C6)C[C@@H](C7)C8)cc5)nc(-c5ccccc5)n4)cc3)ccc2c1. The van der Waals surface area contributed by atoms with Crippen molar-refractivity contribution >= 4 is 10.8 Å². The molecule has 0 amide bonds. The number of rotatable bonds is 5. The van der Waals surface area contributed by atoms with Gasteiger partial charge in [0, 0.05) is 16.7 Å². The number of hydrogen-bond donors (Lipinski definition) is 0. The van der Waals surface area contributed by atoms with Gasteiger partial charge in [0.25, 0.3) is 0 Å². The summed E-state index contributed by atoms with van der Waals surface area (Å²) in [6.07, 6.45) is 8.55. The Hall–Kier alpha value is -5.07. The van der Waals surface area contributed by atoms with E-state index >= 15 is 0 Å². The van der Waals surface area contributed by atoms with Crippen LogP contribution in [0.15, 0.2) is 121 Å². The molecule has 4 bridgehead atoms. The summed E-state index contributed by atoms with van der Waals surface area (Å²) in [5.74, 6) is 3.56. The normalized spacial score (nSPS) is 23.0. The zero-order valence-corrected chi connectivity index (χ0v) is 25.9. The van der Waals surface area contributed by atoms with Crippen LogP contribution in [0.3, 0.4) is 0 Å². The number of fused-ring (bicyclic) bond motifs is 1. The Labute approximate surface area is 270 Å². The molecule has 0 saturated heterocycles. The molecule has 10 rings (SSSR count). The second-order valence-corrected chi connectivity index (χ2v) is 14.1. The molecular weight excluding hydrogens is 558 g/mol. The first-order valence-corrected chi connectivity index (χ1v) is 16.7. The summed E-state index contributed by atoms with van der Waals surface area (Å²) in [5, 5.41) is 11.5. The predicted molar refractivity (Wildman–Crippen MR) is 186 cm³/mol. The van der Waals surface area contributed by atoms with Gasteiger partial charge < -0.3 is 0 Å². The Balaban J connectivity index is 1.06. The summed E-state index contributed by atoms with van der Waals surface area (Å²) in [6, 6.07) is 45.0. The van der Waals surface area contributed by atoms with Gasteiger partial charge in [-0.1, -0.05) is 97.1 Å². The minimum atomic E-state index is 0.395. The van der Waals surface area contributed by atoms with Gasteiger partial charge in [-0.05, 0) is 113 Å². The molecule has 5 aromatic carbocycles. The third-order valence-electron chi connectivity index (χ3n) is 11.1. The molecule has 0 aliphatic heterocycles. The van der Waals surface area contributed by atoms with Gasteiger partial charge in [-0.15, -0.1) is 0 Å². The van der Waals surface area contributed by atoms with Crippen LogP contribution in [0.25, 0.3) is 55.8 Å². The molecular formula is C43H35N3. The first-order chi connectivity index (χ1) is 22.6. The monoisotopic (exact) mass is 593 g/mol. The molecule has 6 aromatic rings. The lowest BCUT2D eigenvalue weighted by Crippen LogP contribution is -2.48. The topological polar surface area (TPSA) is 49.6 Å². The van der Waals surface area contributed by atoms with Gasteiger partial charge in [0.15, 0.2) is 5.82 Å². The summed E-state index contributed by atoms with van der Waals surface area (Å²) in [4.78, 5) is 10.2. The van der Waals surface area contributed by atoms with Crippen molar-refractivity contribution in [2.45, 2.75) is 43.9 Å². The fraction of sp³-hybridized carbons (Fsp3) is 0.233. The van der Waals surface area contributed by atoms with E-state index in [9.17, 15) is 5.26 Å². The van der Waals surface area contributed by atoms with Gasteiger partial charge in [0.2, 0.25) is 0 Å². The van der Waals surface area contributed by atoms with Crippen LogP contribution in [0.2, 0.25) is 0 Å². The highest BCUT2D eigenvalue weighted by Crippen LogP contribution is 2.60. The van der Waals surface area contributed by atoms with Crippen LogP contribution < -0.4 is 0 Å². The average molecular weight is 594 g/mol. The zero-order valence-electron chi connectivity index (χ0n) is 25.9. The van der Waals surface area contributed by atoms with Crippen molar-refractivity contribution in [3.05, 3.63) is 132 Å². The van der Waals surface area contributed by atoms with Crippen LogP contribution in [-0.2, 0) is 5.41 Å². The minimum Gasteiger partial charge on any atom is -0.228 e. The van der Waals surface area contributed by atoms with Crippen LogP contribution in [0.5, 0.6) is 0 Å². The molecule has 0 unspecified atom stereocenters. The highest BCUT2D eigenvalue weighted by molar-refractivity contribution is 5.88. The summed E-state index contributed by atoms with van der Waals surface area (Å²) in [7, 11) is 0. The van der Waals surface area contributed by atoms with Crippen molar-refractivity contribution in [1.29, 1.82) is 5.26 Å². The molecule has 3 heteroatoms. The molecule has 4 aliphatic carbocycles. The second kappa shape index (κ2) is 10.8. The number of aromatic nitrogens is 2. The zero-order chi connectivity index (χ0) is 30.7. The molecule has 0 N–H and O–H groups in total. The Bertz CT molecular complexity index is 2090. The maximum absolute atomic E-state index is 9.25. The van der Waals surface area contributed by atoms with E-state index in [1.807, 2.05) is 36.4 Å². The fourth-order valence-electron chi connectivity index (χ4n) is 9.25. The van der Waals surface area contributed by atoms with Crippen LogP contribution in [0, 0.1) is 29.1 Å². The molecule has 1 aromatic heterocycles. The van der Waals surface area contributed by atoms with Crippen LogP contribution >= 0.6 is 0 Å². The van der Waals surface area contributed by atoms with Crippen LogP contribution in [-0.4, -0.2) is 9.97 Å². The summed E-state index contributed by atoms with van der Waals surface area (Å²) >= 11 is 0. The van der Waals surface area contributed by atoms with Crippen molar-refractivity contribution in [2.24, 2.45) is 17.8 Å². The van der Waals surface area contributed by atoms with Gasteiger partial charge in [-0.2, -0.15) is 5.26 Å². The Morgan fingerprint density at radius 3 is 1.70 bits per heavy atom. The molecule has 0 radical (unpaired) electrons. The first-order valence-electron chi connectivity index (χ1n) is 16.7. The number of benzene rings is 5. The quantitative estimate of drug-likeness (QED) is 0.200. The van der Waals surface area contributed by atoms with Gasteiger partial charge in [0.1, 0.15) is 0 Å². The molecule has 1 heterocycles. The van der Waals surface area contributed by atoms with Gasteiger partial charge in [0.05, 0.1) is 23.0 Å². The summed E-state index contributed by atoms with van der Waals surface area (Å²) < 4.78 is 0. The van der Waals surface area contributed by atoms with Crippen molar-refractivity contribution in [3.63, 3.8) is 0 Å². The van der Waals surface area contributed by atoms with E-state index in [-0.39, 0.29) is 0 Å².